The Balaban J connectivity index is 1.38. The number of piperidine rings is 1. The number of hydrogen-bond donors (Lipinski definition) is 1. The van der Waals surface area contributed by atoms with Gasteiger partial charge in [-0.25, -0.2) is 0 Å². The van der Waals surface area contributed by atoms with Crippen molar-refractivity contribution in [2.75, 3.05) is 13.1 Å². The van der Waals surface area contributed by atoms with Gasteiger partial charge in [0.15, 0.2) is 0 Å². The second-order valence-electron chi connectivity index (χ2n) is 7.18. The van der Waals surface area contributed by atoms with E-state index < -0.39 is 0 Å². The van der Waals surface area contributed by atoms with E-state index in [1.807, 2.05) is 29.6 Å². The Labute approximate surface area is 168 Å². The summed E-state index contributed by atoms with van der Waals surface area (Å²) >= 11 is 1.59. The highest BCUT2D eigenvalue weighted by molar-refractivity contribution is 7.13. The minimum absolute atomic E-state index is 0.0000807. The fourth-order valence-corrected chi connectivity index (χ4v) is 4.13. The summed E-state index contributed by atoms with van der Waals surface area (Å²) in [4.78, 5) is 20.2. The molecule has 146 valence electrons. The van der Waals surface area contributed by atoms with Gasteiger partial charge in [-0.3, -0.25) is 9.69 Å². The summed E-state index contributed by atoms with van der Waals surface area (Å²) in [6.45, 7) is 3.80. The van der Waals surface area contributed by atoms with Crippen LogP contribution in [0.5, 0.6) is 0 Å². The van der Waals surface area contributed by atoms with Gasteiger partial charge < -0.3 is 9.84 Å². The average molecular weight is 397 g/mol. The molecule has 1 fully saturated rings. The van der Waals surface area contributed by atoms with Crippen LogP contribution in [0.4, 0.5) is 0 Å². The first-order chi connectivity index (χ1) is 13.7. The Morgan fingerprint density at radius 3 is 2.93 bits per heavy atom. The zero-order valence-electron chi connectivity index (χ0n) is 15.9. The molecule has 0 saturated carbocycles. The zero-order valence-corrected chi connectivity index (χ0v) is 16.7. The summed E-state index contributed by atoms with van der Waals surface area (Å²) in [7, 11) is 0. The van der Waals surface area contributed by atoms with Crippen molar-refractivity contribution < 1.29 is 9.32 Å². The molecule has 0 radical (unpaired) electrons. The van der Waals surface area contributed by atoms with Gasteiger partial charge in [-0.05, 0) is 43.3 Å². The molecule has 1 aliphatic rings. The lowest BCUT2D eigenvalue weighted by molar-refractivity contribution is -0.123. The first-order valence-electron chi connectivity index (χ1n) is 9.63. The van der Waals surface area contributed by atoms with Crippen LogP contribution in [0.15, 0.2) is 46.3 Å². The number of benzene rings is 1. The second kappa shape index (κ2) is 8.67. The molecule has 0 bridgehead atoms. The Bertz CT molecular complexity index is 905. The lowest BCUT2D eigenvalue weighted by atomic mass is 10.0. The summed E-state index contributed by atoms with van der Waals surface area (Å²) in [6, 6.07) is 12.2. The molecule has 1 saturated heterocycles. The molecule has 0 spiro atoms. The molecule has 1 aromatic carbocycles. The van der Waals surface area contributed by atoms with Crippen molar-refractivity contribution in [1.29, 1.82) is 0 Å². The molecule has 7 heteroatoms. The Kier molecular flexibility index (Phi) is 5.83. The molecule has 6 nitrogen and oxygen atoms in total. The number of rotatable bonds is 6. The minimum Gasteiger partial charge on any atom is -0.351 e. The van der Waals surface area contributed by atoms with E-state index in [4.69, 9.17) is 4.52 Å². The van der Waals surface area contributed by atoms with Crippen LogP contribution in [0.3, 0.4) is 0 Å². The molecule has 1 N–H and O–H groups in total. The number of amides is 1. The van der Waals surface area contributed by atoms with E-state index >= 15 is 0 Å². The highest BCUT2D eigenvalue weighted by Crippen LogP contribution is 2.31. The van der Waals surface area contributed by atoms with Crippen molar-refractivity contribution in [2.45, 2.75) is 38.8 Å². The standard InChI is InChI=1S/C21H24N4O2S/c1-15-7-9-16(10-8-15)13-22-19(26)14-25-11-3-2-5-17(25)21-23-20(24-27-21)18-6-4-12-28-18/h4,6-10,12,17H,2-3,5,11,13-14H2,1H3,(H,22,26)/t17-/m1/s1. The number of likely N-dealkylation sites (tertiary alicyclic amines) is 1. The van der Waals surface area contributed by atoms with Gasteiger partial charge in [0.1, 0.15) is 0 Å². The molecular formula is C21H24N4O2S. The van der Waals surface area contributed by atoms with Crippen LogP contribution in [0.2, 0.25) is 0 Å². The highest BCUT2D eigenvalue weighted by Gasteiger charge is 2.30. The van der Waals surface area contributed by atoms with Gasteiger partial charge in [-0.1, -0.05) is 47.5 Å². The maximum atomic E-state index is 12.5. The summed E-state index contributed by atoms with van der Waals surface area (Å²) in [5.74, 6) is 1.25. The number of thiophene rings is 1. The lowest BCUT2D eigenvalue weighted by Crippen LogP contribution is -2.41. The number of aryl methyl sites for hydroxylation is 1. The van der Waals surface area contributed by atoms with E-state index in [1.54, 1.807) is 11.3 Å². The van der Waals surface area contributed by atoms with Crippen LogP contribution in [0.25, 0.3) is 10.7 Å². The third-order valence-corrected chi connectivity index (χ3v) is 5.90. The van der Waals surface area contributed by atoms with Crippen molar-refractivity contribution in [2.24, 2.45) is 0 Å². The predicted molar refractivity (Wildman–Crippen MR) is 109 cm³/mol. The number of aromatic nitrogens is 2. The van der Waals surface area contributed by atoms with Crippen molar-refractivity contribution >= 4 is 17.2 Å². The molecule has 0 unspecified atom stereocenters. The van der Waals surface area contributed by atoms with Crippen molar-refractivity contribution in [1.82, 2.24) is 20.4 Å². The fourth-order valence-electron chi connectivity index (χ4n) is 3.48. The third kappa shape index (κ3) is 4.48. The first kappa shape index (κ1) is 18.8. The summed E-state index contributed by atoms with van der Waals surface area (Å²) in [5.41, 5.74) is 2.32. The highest BCUT2D eigenvalue weighted by atomic mass is 32.1. The Morgan fingerprint density at radius 2 is 2.14 bits per heavy atom. The van der Waals surface area contributed by atoms with Gasteiger partial charge in [0.2, 0.25) is 17.6 Å². The number of hydrogen-bond acceptors (Lipinski definition) is 6. The summed E-state index contributed by atoms with van der Waals surface area (Å²) in [5, 5.41) is 9.14. The molecule has 0 aliphatic carbocycles. The first-order valence-corrected chi connectivity index (χ1v) is 10.5. The molecule has 1 atom stereocenters. The topological polar surface area (TPSA) is 71.3 Å². The SMILES string of the molecule is Cc1ccc(CNC(=O)CN2CCCC[C@@H]2c2nc(-c3cccs3)no2)cc1. The maximum Gasteiger partial charge on any atom is 0.244 e. The number of nitrogens with zero attached hydrogens (tertiary/aromatic N) is 3. The largest absolute Gasteiger partial charge is 0.351 e. The van der Waals surface area contributed by atoms with Crippen LogP contribution in [-0.4, -0.2) is 34.0 Å². The molecule has 28 heavy (non-hydrogen) atoms. The smallest absolute Gasteiger partial charge is 0.244 e. The van der Waals surface area contributed by atoms with E-state index in [-0.39, 0.29) is 11.9 Å². The van der Waals surface area contributed by atoms with E-state index in [0.717, 1.165) is 36.2 Å². The average Bonchev–Trinajstić information content (AvgIpc) is 3.40. The van der Waals surface area contributed by atoms with Crippen molar-refractivity contribution in [3.05, 3.63) is 58.8 Å². The van der Waals surface area contributed by atoms with Gasteiger partial charge in [0, 0.05) is 6.54 Å². The monoisotopic (exact) mass is 396 g/mol. The molecule has 1 amide bonds. The van der Waals surface area contributed by atoms with E-state index in [2.05, 4.69) is 39.4 Å². The van der Waals surface area contributed by atoms with Crippen molar-refractivity contribution in [3.63, 3.8) is 0 Å². The molecule has 4 rings (SSSR count). The predicted octanol–water partition coefficient (Wildman–Crippen LogP) is 3.95. The van der Waals surface area contributed by atoms with Crippen LogP contribution in [0, 0.1) is 6.92 Å². The fraction of sp³-hybridized carbons (Fsp3) is 0.381. The van der Waals surface area contributed by atoms with Crippen LogP contribution < -0.4 is 5.32 Å². The van der Waals surface area contributed by atoms with Crippen LogP contribution in [0.1, 0.15) is 42.3 Å². The second-order valence-corrected chi connectivity index (χ2v) is 8.13. The quantitative estimate of drug-likeness (QED) is 0.683. The molecular weight excluding hydrogens is 372 g/mol. The van der Waals surface area contributed by atoms with Gasteiger partial charge in [-0.15, -0.1) is 11.3 Å². The van der Waals surface area contributed by atoms with Gasteiger partial charge in [0.05, 0.1) is 17.5 Å². The normalized spacial score (nSPS) is 17.5. The van der Waals surface area contributed by atoms with Crippen molar-refractivity contribution in [3.8, 4) is 10.7 Å². The van der Waals surface area contributed by atoms with E-state index in [0.29, 0.717) is 24.8 Å². The number of carbonyl (C=O) groups excluding carboxylic acids is 1. The van der Waals surface area contributed by atoms with E-state index in [1.165, 1.54) is 5.56 Å². The Hall–Kier alpha value is -2.51. The summed E-state index contributed by atoms with van der Waals surface area (Å²) in [6.07, 6.45) is 3.11. The van der Waals surface area contributed by atoms with E-state index in [9.17, 15) is 4.79 Å². The summed E-state index contributed by atoms with van der Waals surface area (Å²) < 4.78 is 5.55. The van der Waals surface area contributed by atoms with Crippen LogP contribution >= 0.6 is 11.3 Å². The molecule has 3 aromatic rings. The molecule has 1 aliphatic heterocycles. The molecule has 3 heterocycles. The molecule has 2 aromatic heterocycles. The Morgan fingerprint density at radius 1 is 1.29 bits per heavy atom. The maximum absolute atomic E-state index is 12.5. The van der Waals surface area contributed by atoms with Gasteiger partial charge >= 0.3 is 0 Å². The number of nitrogens with one attached hydrogen (secondary N) is 1. The number of carbonyl (C=O) groups is 1. The lowest BCUT2D eigenvalue weighted by Gasteiger charge is -2.32. The van der Waals surface area contributed by atoms with Gasteiger partial charge in [-0.2, -0.15) is 4.98 Å². The van der Waals surface area contributed by atoms with Gasteiger partial charge in [0.25, 0.3) is 0 Å². The minimum atomic E-state index is 0.0000807. The third-order valence-electron chi connectivity index (χ3n) is 5.04. The van der Waals surface area contributed by atoms with Crippen LogP contribution in [-0.2, 0) is 11.3 Å². The zero-order chi connectivity index (χ0) is 19.3.